The molecule has 1 unspecified atom stereocenters. The van der Waals surface area contributed by atoms with Gasteiger partial charge in [-0.1, -0.05) is 18.2 Å². The summed E-state index contributed by atoms with van der Waals surface area (Å²) in [6.45, 7) is 1.37. The highest BCUT2D eigenvalue weighted by Crippen LogP contribution is 2.38. The Morgan fingerprint density at radius 1 is 1.12 bits per heavy atom. The lowest BCUT2D eigenvalue weighted by Gasteiger charge is -2.33. The Morgan fingerprint density at radius 3 is 2.79 bits per heavy atom. The number of benzene rings is 2. The standard InChI is InChI=1S/C25H22FN5O2/c26-20-5-2-10-27-24(20)30-11-8-16(9-12-30)31-14-15(13-28-31)23(32)18-6-7-21-22-17(18)3-1-4-19(22)25(33)29-21/h1-7,10,13-14,16,23,32H,8-9,11-12H2,(H,29,33). The number of carbonyl (C=O) groups excluding carboxylic acids is 1. The summed E-state index contributed by atoms with van der Waals surface area (Å²) in [7, 11) is 0. The molecule has 0 bridgehead atoms. The van der Waals surface area contributed by atoms with E-state index in [1.54, 1.807) is 24.5 Å². The van der Waals surface area contributed by atoms with Crippen LogP contribution in [0.3, 0.4) is 0 Å². The second kappa shape index (κ2) is 7.67. The van der Waals surface area contributed by atoms with E-state index in [9.17, 15) is 14.3 Å². The fraction of sp³-hybridized carbons (Fsp3) is 0.240. The van der Waals surface area contributed by atoms with Gasteiger partial charge < -0.3 is 15.3 Å². The largest absolute Gasteiger partial charge is 0.384 e. The molecule has 0 aliphatic carbocycles. The molecule has 6 rings (SSSR count). The molecule has 2 aliphatic rings. The van der Waals surface area contributed by atoms with Crippen molar-refractivity contribution in [2.45, 2.75) is 25.0 Å². The summed E-state index contributed by atoms with van der Waals surface area (Å²) in [5, 5.41) is 20.3. The van der Waals surface area contributed by atoms with Gasteiger partial charge in [-0.2, -0.15) is 5.10 Å². The van der Waals surface area contributed by atoms with Crippen molar-refractivity contribution in [3.63, 3.8) is 0 Å². The van der Waals surface area contributed by atoms with E-state index in [0.29, 0.717) is 30.0 Å². The third-order valence-electron chi connectivity index (χ3n) is 6.68. The number of amides is 1. The minimum absolute atomic E-state index is 0.119. The summed E-state index contributed by atoms with van der Waals surface area (Å²) >= 11 is 0. The first-order valence-electron chi connectivity index (χ1n) is 11.0. The molecule has 1 fully saturated rings. The summed E-state index contributed by atoms with van der Waals surface area (Å²) in [6, 6.07) is 12.5. The number of nitrogens with one attached hydrogen (secondary N) is 1. The lowest BCUT2D eigenvalue weighted by molar-refractivity contribution is 0.103. The molecule has 1 saturated heterocycles. The second-order valence-electron chi connectivity index (χ2n) is 8.57. The van der Waals surface area contributed by atoms with E-state index in [1.807, 2.05) is 40.0 Å². The fourth-order valence-electron chi connectivity index (χ4n) is 4.98. The van der Waals surface area contributed by atoms with Gasteiger partial charge in [-0.3, -0.25) is 9.48 Å². The maximum atomic E-state index is 14.1. The van der Waals surface area contributed by atoms with Gasteiger partial charge in [0.05, 0.1) is 12.2 Å². The number of halogens is 1. The van der Waals surface area contributed by atoms with Gasteiger partial charge in [0.15, 0.2) is 11.6 Å². The monoisotopic (exact) mass is 443 g/mol. The first kappa shape index (κ1) is 19.9. The van der Waals surface area contributed by atoms with Crippen molar-refractivity contribution < 1.29 is 14.3 Å². The number of carbonyl (C=O) groups is 1. The van der Waals surface area contributed by atoms with Gasteiger partial charge in [-0.05, 0) is 48.1 Å². The van der Waals surface area contributed by atoms with E-state index in [2.05, 4.69) is 15.4 Å². The van der Waals surface area contributed by atoms with Crippen LogP contribution in [-0.2, 0) is 0 Å². The highest BCUT2D eigenvalue weighted by atomic mass is 19.1. The fourth-order valence-corrected chi connectivity index (χ4v) is 4.98. The van der Waals surface area contributed by atoms with Gasteiger partial charge in [0.2, 0.25) is 0 Å². The zero-order chi connectivity index (χ0) is 22.5. The smallest absolute Gasteiger partial charge is 0.256 e. The first-order chi connectivity index (χ1) is 16.1. The van der Waals surface area contributed by atoms with Crippen LogP contribution >= 0.6 is 0 Å². The Balaban J connectivity index is 1.23. The lowest BCUT2D eigenvalue weighted by Crippen LogP contribution is -2.35. The molecular formula is C25H22FN5O2. The third kappa shape index (κ3) is 3.25. The topological polar surface area (TPSA) is 83.3 Å². The van der Waals surface area contributed by atoms with Crippen LogP contribution in [0, 0.1) is 5.82 Å². The van der Waals surface area contributed by atoms with Gasteiger partial charge in [-0.15, -0.1) is 0 Å². The number of aromatic nitrogens is 3. The average Bonchev–Trinajstić information content (AvgIpc) is 3.46. The summed E-state index contributed by atoms with van der Waals surface area (Å²) in [4.78, 5) is 18.3. The maximum Gasteiger partial charge on any atom is 0.256 e. The number of aliphatic hydroxyl groups is 1. The number of pyridine rings is 1. The van der Waals surface area contributed by atoms with Gasteiger partial charge in [0.1, 0.15) is 6.10 Å². The molecule has 2 aromatic heterocycles. The molecule has 0 spiro atoms. The zero-order valence-electron chi connectivity index (χ0n) is 17.8. The van der Waals surface area contributed by atoms with Crippen molar-refractivity contribution in [1.29, 1.82) is 0 Å². The predicted octanol–water partition coefficient (Wildman–Crippen LogP) is 4.06. The average molecular weight is 443 g/mol. The van der Waals surface area contributed by atoms with Gasteiger partial charge in [0, 0.05) is 47.7 Å². The number of nitrogens with zero attached hydrogens (tertiary/aromatic N) is 4. The Kier molecular flexibility index (Phi) is 4.62. The van der Waals surface area contributed by atoms with Crippen LogP contribution in [0.4, 0.5) is 15.9 Å². The Labute approximate surface area is 189 Å². The van der Waals surface area contributed by atoms with E-state index in [0.717, 1.165) is 34.9 Å². The molecule has 166 valence electrons. The van der Waals surface area contributed by atoms with Crippen LogP contribution in [0.5, 0.6) is 0 Å². The molecule has 0 radical (unpaired) electrons. The van der Waals surface area contributed by atoms with Crippen LogP contribution in [0.25, 0.3) is 10.8 Å². The lowest BCUT2D eigenvalue weighted by atomic mass is 9.95. The maximum absolute atomic E-state index is 14.1. The Morgan fingerprint density at radius 2 is 1.97 bits per heavy atom. The summed E-state index contributed by atoms with van der Waals surface area (Å²) in [6.07, 6.45) is 5.95. The molecule has 7 nitrogen and oxygen atoms in total. The summed E-state index contributed by atoms with van der Waals surface area (Å²) in [5.41, 5.74) is 2.84. The van der Waals surface area contributed by atoms with Crippen molar-refractivity contribution in [3.8, 4) is 0 Å². The van der Waals surface area contributed by atoms with Crippen LogP contribution in [0.2, 0.25) is 0 Å². The molecule has 1 atom stereocenters. The number of hydrogen-bond acceptors (Lipinski definition) is 5. The van der Waals surface area contributed by atoms with E-state index >= 15 is 0 Å². The van der Waals surface area contributed by atoms with E-state index in [-0.39, 0.29) is 17.8 Å². The van der Waals surface area contributed by atoms with Crippen LogP contribution < -0.4 is 10.2 Å². The summed E-state index contributed by atoms with van der Waals surface area (Å²) < 4.78 is 16.0. The number of anilines is 2. The van der Waals surface area contributed by atoms with Crippen molar-refractivity contribution in [2.75, 3.05) is 23.3 Å². The molecule has 4 heterocycles. The van der Waals surface area contributed by atoms with Crippen LogP contribution in [0.1, 0.15) is 46.5 Å². The predicted molar refractivity (Wildman–Crippen MR) is 123 cm³/mol. The molecule has 2 aliphatic heterocycles. The molecule has 0 saturated carbocycles. The van der Waals surface area contributed by atoms with E-state index < -0.39 is 6.10 Å². The molecule has 2 aromatic carbocycles. The van der Waals surface area contributed by atoms with Crippen molar-refractivity contribution in [1.82, 2.24) is 14.8 Å². The number of piperidine rings is 1. The first-order valence-corrected chi connectivity index (χ1v) is 11.0. The Hall–Kier alpha value is -3.78. The highest BCUT2D eigenvalue weighted by Gasteiger charge is 2.27. The molecule has 4 aromatic rings. The van der Waals surface area contributed by atoms with Gasteiger partial charge in [-0.25, -0.2) is 9.37 Å². The quantitative estimate of drug-likeness (QED) is 0.497. The number of aliphatic hydroxyl groups excluding tert-OH is 1. The van der Waals surface area contributed by atoms with Crippen molar-refractivity contribution >= 4 is 28.2 Å². The second-order valence-corrected chi connectivity index (χ2v) is 8.57. The molecule has 8 heteroatoms. The highest BCUT2D eigenvalue weighted by molar-refractivity contribution is 6.24. The molecular weight excluding hydrogens is 421 g/mol. The zero-order valence-corrected chi connectivity index (χ0v) is 17.8. The van der Waals surface area contributed by atoms with E-state index in [4.69, 9.17) is 0 Å². The minimum Gasteiger partial charge on any atom is -0.384 e. The van der Waals surface area contributed by atoms with Crippen LogP contribution in [-0.4, -0.2) is 38.9 Å². The Bertz CT molecular complexity index is 1380. The normalized spacial score (nSPS) is 16.9. The minimum atomic E-state index is -0.860. The van der Waals surface area contributed by atoms with Crippen LogP contribution in [0.15, 0.2) is 61.1 Å². The molecule has 33 heavy (non-hydrogen) atoms. The van der Waals surface area contributed by atoms with Gasteiger partial charge >= 0.3 is 0 Å². The van der Waals surface area contributed by atoms with Crippen molar-refractivity contribution in [2.24, 2.45) is 0 Å². The van der Waals surface area contributed by atoms with E-state index in [1.165, 1.54) is 6.07 Å². The summed E-state index contributed by atoms with van der Waals surface area (Å²) in [5.74, 6) is -0.0257. The molecule has 1 amide bonds. The third-order valence-corrected chi connectivity index (χ3v) is 6.68. The SMILES string of the molecule is O=C1Nc2ccc(C(O)c3cnn(C4CCN(c5ncccc5F)CC4)c3)c3cccc1c23. The number of hydrogen-bond donors (Lipinski definition) is 2. The van der Waals surface area contributed by atoms with Gasteiger partial charge in [0.25, 0.3) is 5.91 Å². The number of rotatable bonds is 4. The molecule has 2 N–H and O–H groups in total. The van der Waals surface area contributed by atoms with Crippen molar-refractivity contribution in [3.05, 3.63) is 83.6 Å².